The number of ether oxygens (including phenoxy) is 2. The predicted molar refractivity (Wildman–Crippen MR) is 117 cm³/mol. The molecule has 3 aromatic carbocycles. The Morgan fingerprint density at radius 2 is 1.90 bits per heavy atom. The third kappa shape index (κ3) is 3.82. The first-order valence-electron chi connectivity index (χ1n) is 9.53. The second-order valence-corrected chi connectivity index (χ2v) is 6.85. The van der Waals surface area contributed by atoms with Crippen LogP contribution in [0.2, 0.25) is 0 Å². The number of fused-ring (bicyclic) bond motifs is 1. The van der Waals surface area contributed by atoms with Gasteiger partial charge in [-0.15, -0.1) is 0 Å². The summed E-state index contributed by atoms with van der Waals surface area (Å²) in [6.07, 6.45) is 6.95. The molecule has 5 nitrogen and oxygen atoms in total. The van der Waals surface area contributed by atoms with Crippen LogP contribution in [0, 0.1) is 6.92 Å². The quantitative estimate of drug-likeness (QED) is 0.299. The van der Waals surface area contributed by atoms with E-state index in [1.54, 1.807) is 19.4 Å². The third-order valence-corrected chi connectivity index (χ3v) is 4.90. The van der Waals surface area contributed by atoms with E-state index in [9.17, 15) is 4.79 Å². The zero-order valence-corrected chi connectivity index (χ0v) is 16.8. The summed E-state index contributed by atoms with van der Waals surface area (Å²) in [6, 6.07) is 16.4. The Kier molecular flexibility index (Phi) is 5.61. The Morgan fingerprint density at radius 1 is 1.07 bits per heavy atom. The van der Waals surface area contributed by atoms with Gasteiger partial charge in [0.2, 0.25) is 0 Å². The summed E-state index contributed by atoms with van der Waals surface area (Å²) in [5, 5.41) is 2.27. The fourth-order valence-corrected chi connectivity index (χ4v) is 3.54. The molecule has 0 radical (unpaired) electrons. The van der Waals surface area contributed by atoms with Crippen LogP contribution < -0.4 is 9.47 Å². The lowest BCUT2D eigenvalue weighted by atomic mass is 9.93. The number of aldehydes is 1. The fraction of sp³-hybridized carbons (Fsp3) is 0.120. The maximum Gasteiger partial charge on any atom is 0.180 e. The van der Waals surface area contributed by atoms with Gasteiger partial charge in [0.25, 0.3) is 0 Å². The van der Waals surface area contributed by atoms with Crippen LogP contribution in [0.5, 0.6) is 11.5 Å². The van der Waals surface area contributed by atoms with Crippen LogP contribution in [0.15, 0.2) is 71.7 Å². The lowest BCUT2D eigenvalue weighted by Crippen LogP contribution is -2.02. The third-order valence-electron chi connectivity index (χ3n) is 4.90. The smallest absolute Gasteiger partial charge is 0.180 e. The van der Waals surface area contributed by atoms with Crippen molar-refractivity contribution in [2.24, 2.45) is 0 Å². The maximum absolute atomic E-state index is 11.0. The summed E-state index contributed by atoms with van der Waals surface area (Å²) in [5.41, 5.74) is 4.30. The summed E-state index contributed by atoms with van der Waals surface area (Å²) < 4.78 is 16.9. The molecule has 0 aliphatic carbocycles. The van der Waals surface area contributed by atoms with Crippen molar-refractivity contribution >= 4 is 23.1 Å². The van der Waals surface area contributed by atoms with Gasteiger partial charge in [-0.05, 0) is 52.6 Å². The number of hydrogen-bond donors (Lipinski definition) is 0. The molecule has 1 heterocycles. The first kappa shape index (κ1) is 19.5. The van der Waals surface area contributed by atoms with Crippen molar-refractivity contribution in [1.29, 1.82) is 0 Å². The first-order chi connectivity index (χ1) is 14.7. The minimum Gasteiger partial charge on any atom is -0.492 e. The SMILES string of the molecule is COc1c(OCc2cocn2)c(C)cc(C=CC=O)c1-c1ccc2ccccc2c1. The molecule has 0 aliphatic heterocycles. The van der Waals surface area contributed by atoms with Crippen LogP contribution in [0.4, 0.5) is 0 Å². The molecule has 0 atom stereocenters. The monoisotopic (exact) mass is 399 g/mol. The van der Waals surface area contributed by atoms with Crippen LogP contribution >= 0.6 is 0 Å². The molecule has 0 amide bonds. The van der Waals surface area contributed by atoms with Crippen molar-refractivity contribution in [3.63, 3.8) is 0 Å². The number of allylic oxidation sites excluding steroid dienone is 1. The van der Waals surface area contributed by atoms with Crippen LogP contribution in [0.1, 0.15) is 16.8 Å². The molecule has 4 aromatic rings. The second kappa shape index (κ2) is 8.66. The van der Waals surface area contributed by atoms with Gasteiger partial charge in [-0.1, -0.05) is 42.5 Å². The number of oxazole rings is 1. The van der Waals surface area contributed by atoms with E-state index in [0.29, 0.717) is 17.2 Å². The van der Waals surface area contributed by atoms with Crippen molar-refractivity contribution in [3.05, 3.63) is 84.1 Å². The van der Waals surface area contributed by atoms with E-state index in [1.807, 2.05) is 25.1 Å². The van der Waals surface area contributed by atoms with Crippen molar-refractivity contribution in [3.8, 4) is 22.6 Å². The average Bonchev–Trinajstić information content (AvgIpc) is 3.29. The van der Waals surface area contributed by atoms with E-state index in [1.165, 1.54) is 12.5 Å². The number of carbonyl (C=O) groups excluding carboxylic acids is 1. The minimum atomic E-state index is 0.258. The second-order valence-electron chi connectivity index (χ2n) is 6.85. The molecule has 0 aliphatic rings. The highest BCUT2D eigenvalue weighted by atomic mass is 16.5. The Morgan fingerprint density at radius 3 is 2.63 bits per heavy atom. The summed E-state index contributed by atoms with van der Waals surface area (Å²) >= 11 is 0. The Labute approximate surface area is 174 Å². The van der Waals surface area contributed by atoms with Gasteiger partial charge in [0.15, 0.2) is 17.9 Å². The Hall–Kier alpha value is -3.86. The molecule has 30 heavy (non-hydrogen) atoms. The van der Waals surface area contributed by atoms with Gasteiger partial charge >= 0.3 is 0 Å². The van der Waals surface area contributed by atoms with Gasteiger partial charge in [-0.25, -0.2) is 4.98 Å². The number of carbonyl (C=O) groups is 1. The number of nitrogens with zero attached hydrogens (tertiary/aromatic N) is 1. The zero-order chi connectivity index (χ0) is 20.9. The van der Waals surface area contributed by atoms with Crippen molar-refractivity contribution in [1.82, 2.24) is 4.98 Å². The molecule has 0 saturated heterocycles. The lowest BCUT2D eigenvalue weighted by molar-refractivity contribution is -0.104. The van der Waals surface area contributed by atoms with Crippen LogP contribution in [0.3, 0.4) is 0 Å². The van der Waals surface area contributed by atoms with Crippen LogP contribution in [0.25, 0.3) is 28.0 Å². The highest BCUT2D eigenvalue weighted by Gasteiger charge is 2.20. The largest absolute Gasteiger partial charge is 0.492 e. The standard InChI is InChI=1S/C25H21NO4/c1-17-12-20(8-5-11-27)23(21-10-9-18-6-3-4-7-19(18)13-21)25(28-2)24(17)30-15-22-14-29-16-26-22/h3-14,16H,15H2,1-2H3. The zero-order valence-electron chi connectivity index (χ0n) is 16.8. The van der Waals surface area contributed by atoms with E-state index in [4.69, 9.17) is 13.9 Å². The maximum atomic E-state index is 11.0. The highest BCUT2D eigenvalue weighted by Crippen LogP contribution is 2.44. The van der Waals surface area contributed by atoms with E-state index < -0.39 is 0 Å². The van der Waals surface area contributed by atoms with E-state index in [-0.39, 0.29) is 6.61 Å². The molecule has 0 bridgehead atoms. The Bertz CT molecular complexity index is 1210. The topological polar surface area (TPSA) is 61.6 Å². The molecular formula is C25H21NO4. The molecule has 150 valence electrons. The van der Waals surface area contributed by atoms with Gasteiger partial charge < -0.3 is 13.9 Å². The van der Waals surface area contributed by atoms with Gasteiger partial charge in [-0.2, -0.15) is 0 Å². The molecule has 5 heteroatoms. The summed E-state index contributed by atoms with van der Waals surface area (Å²) in [4.78, 5) is 15.1. The molecule has 4 rings (SSSR count). The van der Waals surface area contributed by atoms with Crippen molar-refractivity contribution in [2.75, 3.05) is 7.11 Å². The molecule has 0 unspecified atom stereocenters. The van der Waals surface area contributed by atoms with E-state index in [2.05, 4.69) is 35.3 Å². The first-order valence-corrected chi connectivity index (χ1v) is 9.53. The summed E-state index contributed by atoms with van der Waals surface area (Å²) in [6.45, 7) is 2.21. The van der Waals surface area contributed by atoms with Gasteiger partial charge in [0, 0.05) is 5.56 Å². The molecule has 0 N–H and O–H groups in total. The van der Waals surface area contributed by atoms with Crippen LogP contribution in [-0.4, -0.2) is 18.4 Å². The van der Waals surface area contributed by atoms with Crippen molar-refractivity contribution < 1.29 is 18.7 Å². The average molecular weight is 399 g/mol. The molecule has 0 saturated carbocycles. The molecule has 1 aromatic heterocycles. The summed E-state index contributed by atoms with van der Waals surface area (Å²) in [7, 11) is 1.62. The van der Waals surface area contributed by atoms with Crippen molar-refractivity contribution in [2.45, 2.75) is 13.5 Å². The highest BCUT2D eigenvalue weighted by molar-refractivity contribution is 5.92. The molecule has 0 fully saturated rings. The summed E-state index contributed by atoms with van der Waals surface area (Å²) in [5.74, 6) is 1.24. The number of hydrogen-bond acceptors (Lipinski definition) is 5. The number of aromatic nitrogens is 1. The van der Waals surface area contributed by atoms with Crippen LogP contribution in [-0.2, 0) is 11.4 Å². The van der Waals surface area contributed by atoms with E-state index >= 15 is 0 Å². The lowest BCUT2D eigenvalue weighted by Gasteiger charge is -2.19. The Balaban J connectivity index is 1.89. The number of benzene rings is 3. The van der Waals surface area contributed by atoms with Gasteiger partial charge in [0.1, 0.15) is 24.9 Å². The molecule has 0 spiro atoms. The fourth-order valence-electron chi connectivity index (χ4n) is 3.54. The minimum absolute atomic E-state index is 0.258. The normalized spacial score (nSPS) is 11.1. The van der Waals surface area contributed by atoms with E-state index in [0.717, 1.165) is 39.3 Å². The number of rotatable bonds is 7. The molecular weight excluding hydrogens is 378 g/mol. The number of aryl methyl sites for hydroxylation is 1. The van der Waals surface area contributed by atoms with Gasteiger partial charge in [0.05, 0.1) is 7.11 Å². The predicted octanol–water partition coefficient (Wildman–Crippen LogP) is 5.60. The number of methoxy groups -OCH3 is 1. The van der Waals surface area contributed by atoms with Gasteiger partial charge in [-0.3, -0.25) is 4.79 Å².